The van der Waals surface area contributed by atoms with Crippen molar-refractivity contribution in [1.29, 1.82) is 0 Å². The van der Waals surface area contributed by atoms with Crippen molar-refractivity contribution in [2.45, 2.75) is 44.7 Å². The van der Waals surface area contributed by atoms with Gasteiger partial charge in [-0.1, -0.05) is 6.92 Å². The molecule has 0 fully saturated rings. The van der Waals surface area contributed by atoms with Crippen LogP contribution in [-0.2, 0) is 12.3 Å². The Labute approximate surface area is 127 Å². The molecule has 0 N–H and O–H groups in total. The maximum atomic E-state index is 12.4. The summed E-state index contributed by atoms with van der Waals surface area (Å²) in [5.41, 5.74) is 0.872. The molecule has 0 aliphatic rings. The highest BCUT2D eigenvalue weighted by Crippen LogP contribution is 2.18. The molecular weight excluding hydrogens is 309 g/mol. The summed E-state index contributed by atoms with van der Waals surface area (Å²) in [6.45, 7) is 2.06. The smallest absolute Gasteiger partial charge is 0.295 e. The van der Waals surface area contributed by atoms with Gasteiger partial charge in [-0.05, 0) is 38.8 Å². The van der Waals surface area contributed by atoms with Gasteiger partial charge in [-0.25, -0.2) is 4.98 Å². The third-order valence-electron chi connectivity index (χ3n) is 2.79. The lowest BCUT2D eigenvalue weighted by molar-refractivity contribution is -0.146. The molecule has 0 amide bonds. The van der Waals surface area contributed by atoms with Crippen LogP contribution >= 0.6 is 22.9 Å². The van der Waals surface area contributed by atoms with Crippen molar-refractivity contribution < 1.29 is 13.2 Å². The Kier molecular flexibility index (Phi) is 7.84. The molecule has 1 aromatic heterocycles. The standard InChI is InChI=1S/C13H20ClF3N2S/c1-2-6-19(10-13(15,16)17)7-4-3-5-12-18-11(8-14)9-20-12/h9H,2-8,10H2,1H3. The molecule has 0 saturated heterocycles. The summed E-state index contributed by atoms with van der Waals surface area (Å²) in [6, 6.07) is 0. The second-order valence-corrected chi connectivity index (χ2v) is 5.92. The first-order valence-electron chi connectivity index (χ1n) is 6.73. The Morgan fingerprint density at radius 1 is 1.30 bits per heavy atom. The Balaban J connectivity index is 2.26. The van der Waals surface area contributed by atoms with Gasteiger partial charge >= 0.3 is 6.18 Å². The van der Waals surface area contributed by atoms with E-state index >= 15 is 0 Å². The van der Waals surface area contributed by atoms with E-state index in [1.54, 1.807) is 11.3 Å². The second kappa shape index (κ2) is 8.85. The maximum Gasteiger partial charge on any atom is 0.401 e. The number of aromatic nitrogens is 1. The maximum absolute atomic E-state index is 12.4. The number of unbranched alkanes of at least 4 members (excludes halogenated alkanes) is 1. The summed E-state index contributed by atoms with van der Waals surface area (Å²) < 4.78 is 37.1. The van der Waals surface area contributed by atoms with Gasteiger partial charge in [-0.15, -0.1) is 22.9 Å². The fourth-order valence-corrected chi connectivity index (χ4v) is 3.05. The lowest BCUT2D eigenvalue weighted by Gasteiger charge is -2.22. The number of halogens is 4. The lowest BCUT2D eigenvalue weighted by Crippen LogP contribution is -2.35. The molecule has 1 heterocycles. The predicted molar refractivity (Wildman–Crippen MR) is 77.4 cm³/mol. The zero-order valence-corrected chi connectivity index (χ0v) is 13.1. The average Bonchev–Trinajstić information content (AvgIpc) is 2.81. The summed E-state index contributed by atoms with van der Waals surface area (Å²) >= 11 is 7.23. The van der Waals surface area contributed by atoms with E-state index in [-0.39, 0.29) is 0 Å². The summed E-state index contributed by atoms with van der Waals surface area (Å²) in [7, 11) is 0. The number of thiazole rings is 1. The van der Waals surface area contributed by atoms with Crippen LogP contribution in [-0.4, -0.2) is 35.7 Å². The first-order chi connectivity index (χ1) is 9.44. The van der Waals surface area contributed by atoms with Crippen molar-refractivity contribution in [2.24, 2.45) is 0 Å². The van der Waals surface area contributed by atoms with E-state index in [1.165, 1.54) is 4.90 Å². The van der Waals surface area contributed by atoms with E-state index in [0.29, 0.717) is 19.0 Å². The minimum absolute atomic E-state index is 0.409. The zero-order chi connectivity index (χ0) is 15.0. The highest BCUT2D eigenvalue weighted by atomic mass is 35.5. The molecule has 116 valence electrons. The van der Waals surface area contributed by atoms with Gasteiger partial charge in [0.15, 0.2) is 0 Å². The molecule has 0 spiro atoms. The fourth-order valence-electron chi connectivity index (χ4n) is 1.98. The quantitative estimate of drug-likeness (QED) is 0.491. The number of hydrogen-bond donors (Lipinski definition) is 0. The molecular formula is C13H20ClF3N2S. The fraction of sp³-hybridized carbons (Fsp3) is 0.769. The van der Waals surface area contributed by atoms with E-state index in [4.69, 9.17) is 11.6 Å². The molecule has 1 rings (SSSR count). The topological polar surface area (TPSA) is 16.1 Å². The zero-order valence-electron chi connectivity index (χ0n) is 11.5. The van der Waals surface area contributed by atoms with Gasteiger partial charge in [0, 0.05) is 5.38 Å². The monoisotopic (exact) mass is 328 g/mol. The van der Waals surface area contributed by atoms with Crippen LogP contribution < -0.4 is 0 Å². The summed E-state index contributed by atoms with van der Waals surface area (Å²) in [4.78, 5) is 5.81. The van der Waals surface area contributed by atoms with Gasteiger partial charge < -0.3 is 0 Å². The molecule has 0 aromatic carbocycles. The van der Waals surface area contributed by atoms with Gasteiger partial charge in [-0.2, -0.15) is 13.2 Å². The third-order valence-corrected chi connectivity index (χ3v) is 4.03. The summed E-state index contributed by atoms with van der Waals surface area (Å²) in [6.07, 6.45) is -0.950. The number of alkyl halides is 4. The van der Waals surface area contributed by atoms with Crippen molar-refractivity contribution in [3.05, 3.63) is 16.1 Å². The van der Waals surface area contributed by atoms with E-state index in [1.807, 2.05) is 12.3 Å². The molecule has 0 aliphatic heterocycles. The summed E-state index contributed by atoms with van der Waals surface area (Å²) in [5, 5.41) is 2.94. The third kappa shape index (κ3) is 7.45. The van der Waals surface area contributed by atoms with E-state index in [0.717, 1.165) is 36.4 Å². The van der Waals surface area contributed by atoms with Crippen molar-refractivity contribution in [3.8, 4) is 0 Å². The van der Waals surface area contributed by atoms with Gasteiger partial charge in [-0.3, -0.25) is 4.90 Å². The largest absolute Gasteiger partial charge is 0.401 e. The van der Waals surface area contributed by atoms with Gasteiger partial charge in [0.1, 0.15) is 0 Å². The van der Waals surface area contributed by atoms with Crippen molar-refractivity contribution in [3.63, 3.8) is 0 Å². The molecule has 1 aromatic rings. The van der Waals surface area contributed by atoms with Crippen LogP contribution in [0.5, 0.6) is 0 Å². The van der Waals surface area contributed by atoms with Crippen LogP contribution in [0.4, 0.5) is 13.2 Å². The second-order valence-electron chi connectivity index (χ2n) is 4.71. The van der Waals surface area contributed by atoms with Gasteiger partial charge in [0.2, 0.25) is 0 Å². The minimum Gasteiger partial charge on any atom is -0.295 e. The van der Waals surface area contributed by atoms with E-state index in [2.05, 4.69) is 4.98 Å². The van der Waals surface area contributed by atoms with Crippen LogP contribution in [0.3, 0.4) is 0 Å². The van der Waals surface area contributed by atoms with Gasteiger partial charge in [0.05, 0.1) is 23.1 Å². The Morgan fingerprint density at radius 3 is 2.60 bits per heavy atom. The van der Waals surface area contributed by atoms with E-state index < -0.39 is 12.7 Å². The highest BCUT2D eigenvalue weighted by Gasteiger charge is 2.29. The summed E-state index contributed by atoms with van der Waals surface area (Å²) in [5.74, 6) is 0.409. The Morgan fingerprint density at radius 2 is 2.05 bits per heavy atom. The molecule has 0 atom stereocenters. The van der Waals surface area contributed by atoms with Gasteiger partial charge in [0.25, 0.3) is 0 Å². The number of hydrogen-bond acceptors (Lipinski definition) is 3. The normalized spacial score (nSPS) is 12.3. The van der Waals surface area contributed by atoms with Crippen LogP contribution in [0.1, 0.15) is 36.9 Å². The molecule has 0 radical (unpaired) electrons. The van der Waals surface area contributed by atoms with Crippen LogP contribution in [0, 0.1) is 0 Å². The molecule has 0 bridgehead atoms. The molecule has 20 heavy (non-hydrogen) atoms. The molecule has 2 nitrogen and oxygen atoms in total. The first kappa shape index (κ1) is 17.7. The van der Waals surface area contributed by atoms with E-state index in [9.17, 15) is 13.2 Å². The predicted octanol–water partition coefficient (Wildman–Crippen LogP) is 4.48. The Hall–Kier alpha value is -0.330. The number of rotatable bonds is 9. The van der Waals surface area contributed by atoms with Crippen LogP contribution in [0.15, 0.2) is 5.38 Å². The van der Waals surface area contributed by atoms with Crippen LogP contribution in [0.2, 0.25) is 0 Å². The molecule has 0 unspecified atom stereocenters. The SMILES string of the molecule is CCCN(CCCCc1nc(CCl)cs1)CC(F)(F)F. The van der Waals surface area contributed by atoms with Crippen molar-refractivity contribution in [2.75, 3.05) is 19.6 Å². The Bertz CT molecular complexity index is 382. The van der Waals surface area contributed by atoms with Crippen molar-refractivity contribution >= 4 is 22.9 Å². The molecule has 7 heteroatoms. The minimum atomic E-state index is -4.11. The molecule has 0 saturated carbocycles. The number of aryl methyl sites for hydroxylation is 1. The molecule has 0 aliphatic carbocycles. The first-order valence-corrected chi connectivity index (χ1v) is 8.14. The lowest BCUT2D eigenvalue weighted by atomic mass is 10.2. The average molecular weight is 329 g/mol. The number of nitrogens with zero attached hydrogens (tertiary/aromatic N) is 2. The highest BCUT2D eigenvalue weighted by molar-refractivity contribution is 7.09. The van der Waals surface area contributed by atoms with Crippen LogP contribution in [0.25, 0.3) is 0 Å². The van der Waals surface area contributed by atoms with Crippen molar-refractivity contribution in [1.82, 2.24) is 9.88 Å².